The van der Waals surface area contributed by atoms with Crippen molar-refractivity contribution >= 4 is 10.8 Å². The number of hydrogen-bond donors (Lipinski definition) is 0. The molecule has 1 aliphatic heterocycles. The smallest absolute Gasteiger partial charge is 0.130 e. The summed E-state index contributed by atoms with van der Waals surface area (Å²) in [6.45, 7) is 3.31. The Morgan fingerprint density at radius 3 is 2.65 bits per heavy atom. The molecule has 0 spiro atoms. The number of halogens is 2. The molecule has 2 rings (SSSR count). The summed E-state index contributed by atoms with van der Waals surface area (Å²) >= 11 is 0. The standard InChI is InChI=1S/C15H20F2O2S/c1-2-15(13-4-3-12(16)9-14(13)17)20(18)10-11-5-7-19-8-6-11/h3-4,9,11,15H,2,5-8,10H2,1H3/t15-,20+/m0/s1. The second-order valence-corrected chi connectivity index (χ2v) is 6.83. The minimum Gasteiger partial charge on any atom is -0.381 e. The molecule has 1 heterocycles. The first kappa shape index (κ1) is 15.6. The van der Waals surface area contributed by atoms with E-state index in [-0.39, 0.29) is 5.25 Å². The highest BCUT2D eigenvalue weighted by atomic mass is 32.2. The second kappa shape index (κ2) is 7.27. The van der Waals surface area contributed by atoms with E-state index in [4.69, 9.17) is 4.74 Å². The van der Waals surface area contributed by atoms with Gasteiger partial charge in [-0.3, -0.25) is 4.21 Å². The molecular weight excluding hydrogens is 282 g/mol. The molecule has 112 valence electrons. The van der Waals surface area contributed by atoms with Crippen molar-refractivity contribution in [2.24, 2.45) is 5.92 Å². The molecule has 2 atom stereocenters. The quantitative estimate of drug-likeness (QED) is 0.831. The van der Waals surface area contributed by atoms with Crippen molar-refractivity contribution in [3.8, 4) is 0 Å². The highest BCUT2D eigenvalue weighted by Crippen LogP contribution is 2.29. The van der Waals surface area contributed by atoms with Crippen molar-refractivity contribution < 1.29 is 17.7 Å². The van der Waals surface area contributed by atoms with Gasteiger partial charge < -0.3 is 4.74 Å². The van der Waals surface area contributed by atoms with Crippen molar-refractivity contribution in [2.75, 3.05) is 19.0 Å². The van der Waals surface area contributed by atoms with Gasteiger partial charge in [0, 0.05) is 41.4 Å². The molecular formula is C15H20F2O2S. The number of rotatable bonds is 5. The lowest BCUT2D eigenvalue weighted by Crippen LogP contribution is -2.23. The van der Waals surface area contributed by atoms with E-state index in [1.54, 1.807) is 0 Å². The summed E-state index contributed by atoms with van der Waals surface area (Å²) in [6, 6.07) is 3.51. The fourth-order valence-corrected chi connectivity index (χ4v) is 4.45. The van der Waals surface area contributed by atoms with Crippen LogP contribution in [0.5, 0.6) is 0 Å². The van der Waals surface area contributed by atoms with E-state index in [1.807, 2.05) is 6.92 Å². The van der Waals surface area contributed by atoms with E-state index in [9.17, 15) is 13.0 Å². The van der Waals surface area contributed by atoms with Crippen LogP contribution in [-0.2, 0) is 15.5 Å². The molecule has 1 aliphatic rings. The lowest BCUT2D eigenvalue weighted by molar-refractivity contribution is 0.0725. The van der Waals surface area contributed by atoms with Crippen LogP contribution in [0, 0.1) is 17.6 Å². The Labute approximate surface area is 121 Å². The van der Waals surface area contributed by atoms with Crippen molar-refractivity contribution in [3.05, 3.63) is 35.4 Å². The van der Waals surface area contributed by atoms with Gasteiger partial charge in [0.15, 0.2) is 0 Å². The first-order valence-electron chi connectivity index (χ1n) is 7.01. The Bertz CT molecular complexity index is 473. The zero-order valence-corrected chi connectivity index (χ0v) is 12.4. The van der Waals surface area contributed by atoms with E-state index < -0.39 is 22.4 Å². The highest BCUT2D eigenvalue weighted by molar-refractivity contribution is 7.85. The first-order valence-corrected chi connectivity index (χ1v) is 8.40. The van der Waals surface area contributed by atoms with Crippen LogP contribution in [0.25, 0.3) is 0 Å². The van der Waals surface area contributed by atoms with Crippen LogP contribution in [0.15, 0.2) is 18.2 Å². The Morgan fingerprint density at radius 1 is 1.35 bits per heavy atom. The molecule has 0 aliphatic carbocycles. The predicted molar refractivity (Wildman–Crippen MR) is 75.9 cm³/mol. The molecule has 0 N–H and O–H groups in total. The third kappa shape index (κ3) is 3.85. The van der Waals surface area contributed by atoms with Gasteiger partial charge in [-0.05, 0) is 31.2 Å². The lowest BCUT2D eigenvalue weighted by Gasteiger charge is -2.24. The first-order chi connectivity index (χ1) is 9.61. The summed E-state index contributed by atoms with van der Waals surface area (Å²) in [7, 11) is -1.14. The Balaban J connectivity index is 2.08. The van der Waals surface area contributed by atoms with Gasteiger partial charge in [0.2, 0.25) is 0 Å². The van der Waals surface area contributed by atoms with E-state index >= 15 is 0 Å². The van der Waals surface area contributed by atoms with Gasteiger partial charge in [-0.25, -0.2) is 8.78 Å². The maximum absolute atomic E-state index is 13.8. The average Bonchev–Trinajstić information content (AvgIpc) is 2.43. The summed E-state index contributed by atoms with van der Waals surface area (Å²) in [5, 5.41) is -0.363. The van der Waals surface area contributed by atoms with Crippen LogP contribution in [0.4, 0.5) is 8.78 Å². The molecule has 0 radical (unpaired) electrons. The summed E-state index contributed by atoms with van der Waals surface area (Å²) in [5.41, 5.74) is 0.360. The SMILES string of the molecule is CC[C@@H](c1ccc(F)cc1F)[S@](=O)CC1CCOCC1. The lowest BCUT2D eigenvalue weighted by atomic mass is 10.0. The van der Waals surface area contributed by atoms with E-state index in [0.29, 0.717) is 36.9 Å². The largest absolute Gasteiger partial charge is 0.381 e. The van der Waals surface area contributed by atoms with Crippen LogP contribution in [0.3, 0.4) is 0 Å². The molecule has 0 saturated carbocycles. The predicted octanol–water partition coefficient (Wildman–Crippen LogP) is 3.59. The van der Waals surface area contributed by atoms with Gasteiger partial charge in [0.1, 0.15) is 11.6 Å². The Kier molecular flexibility index (Phi) is 5.66. The second-order valence-electron chi connectivity index (χ2n) is 5.17. The highest BCUT2D eigenvalue weighted by Gasteiger charge is 2.24. The van der Waals surface area contributed by atoms with Gasteiger partial charge in [-0.2, -0.15) is 0 Å². The molecule has 2 nitrogen and oxygen atoms in total. The fourth-order valence-electron chi connectivity index (χ4n) is 2.57. The molecule has 0 bridgehead atoms. The summed E-state index contributed by atoms with van der Waals surface area (Å²) in [5.74, 6) is -0.255. The molecule has 0 amide bonds. The normalized spacial score (nSPS) is 19.8. The maximum Gasteiger partial charge on any atom is 0.130 e. The van der Waals surface area contributed by atoms with Gasteiger partial charge in [0.25, 0.3) is 0 Å². The summed E-state index contributed by atoms with van der Waals surface area (Å²) < 4.78 is 44.6. The molecule has 1 fully saturated rings. The summed E-state index contributed by atoms with van der Waals surface area (Å²) in [4.78, 5) is 0. The van der Waals surface area contributed by atoms with Gasteiger partial charge in [-0.1, -0.05) is 13.0 Å². The van der Waals surface area contributed by atoms with Crippen LogP contribution < -0.4 is 0 Å². The maximum atomic E-state index is 13.8. The van der Waals surface area contributed by atoms with Crippen molar-refractivity contribution in [2.45, 2.75) is 31.4 Å². The molecule has 0 aromatic heterocycles. The Morgan fingerprint density at radius 2 is 2.05 bits per heavy atom. The van der Waals surface area contributed by atoms with Crippen molar-refractivity contribution in [3.63, 3.8) is 0 Å². The molecule has 0 unspecified atom stereocenters. The van der Waals surface area contributed by atoms with Gasteiger partial charge in [-0.15, -0.1) is 0 Å². The number of ether oxygens (including phenoxy) is 1. The van der Waals surface area contributed by atoms with Crippen LogP contribution in [0.1, 0.15) is 37.0 Å². The van der Waals surface area contributed by atoms with Gasteiger partial charge in [0.05, 0.1) is 5.25 Å². The average molecular weight is 302 g/mol. The van der Waals surface area contributed by atoms with E-state index in [1.165, 1.54) is 12.1 Å². The van der Waals surface area contributed by atoms with Gasteiger partial charge >= 0.3 is 0 Å². The van der Waals surface area contributed by atoms with E-state index in [0.717, 1.165) is 18.9 Å². The number of benzene rings is 1. The summed E-state index contributed by atoms with van der Waals surface area (Å²) in [6.07, 6.45) is 2.40. The third-order valence-electron chi connectivity index (χ3n) is 3.74. The molecule has 1 aromatic rings. The minimum absolute atomic E-state index is 0.360. The van der Waals surface area contributed by atoms with Crippen molar-refractivity contribution in [1.82, 2.24) is 0 Å². The molecule has 1 aromatic carbocycles. The topological polar surface area (TPSA) is 26.3 Å². The zero-order valence-electron chi connectivity index (χ0n) is 11.6. The fraction of sp³-hybridized carbons (Fsp3) is 0.600. The molecule has 20 heavy (non-hydrogen) atoms. The molecule has 1 saturated heterocycles. The monoisotopic (exact) mass is 302 g/mol. The van der Waals surface area contributed by atoms with Crippen molar-refractivity contribution in [1.29, 1.82) is 0 Å². The van der Waals surface area contributed by atoms with Crippen LogP contribution >= 0.6 is 0 Å². The van der Waals surface area contributed by atoms with Crippen LogP contribution in [-0.4, -0.2) is 23.2 Å². The zero-order chi connectivity index (χ0) is 14.5. The minimum atomic E-state index is -1.14. The van der Waals surface area contributed by atoms with Crippen LogP contribution in [0.2, 0.25) is 0 Å². The Hall–Kier alpha value is -0.810. The molecule has 5 heteroatoms. The third-order valence-corrected chi connectivity index (χ3v) is 5.76. The van der Waals surface area contributed by atoms with E-state index in [2.05, 4.69) is 0 Å². The number of hydrogen-bond acceptors (Lipinski definition) is 2.